The van der Waals surface area contributed by atoms with Crippen LogP contribution in [0.25, 0.3) is 11.0 Å². The molecule has 5 heterocycles. The van der Waals surface area contributed by atoms with Crippen LogP contribution < -0.4 is 15.0 Å². The zero-order chi connectivity index (χ0) is 50.8. The Kier molecular flexibility index (Phi) is 13.5. The number of rotatable bonds is 10. The van der Waals surface area contributed by atoms with Crippen LogP contribution in [0.2, 0.25) is 0 Å². The summed E-state index contributed by atoms with van der Waals surface area (Å²) in [5, 5.41) is 22.0. The van der Waals surface area contributed by atoms with Crippen molar-refractivity contribution in [2.45, 2.75) is 81.3 Å². The normalized spacial score (nSPS) is 23.0. The first-order valence-corrected chi connectivity index (χ1v) is 25.6. The number of anilines is 1. The number of nitrogens with one attached hydrogen (secondary N) is 1. The first-order valence-electron chi connectivity index (χ1n) is 25.6. The van der Waals surface area contributed by atoms with E-state index in [9.17, 15) is 5.11 Å². The van der Waals surface area contributed by atoms with Gasteiger partial charge in [0.1, 0.15) is 42.0 Å². The van der Waals surface area contributed by atoms with E-state index in [0.717, 1.165) is 59.8 Å². The van der Waals surface area contributed by atoms with Crippen LogP contribution in [0.5, 0.6) is 5.75 Å². The van der Waals surface area contributed by atoms with Crippen LogP contribution in [0, 0.1) is 17.8 Å². The number of likely N-dealkylation sites (tertiary alicyclic amines) is 1. The van der Waals surface area contributed by atoms with Crippen LogP contribution in [-0.4, -0.2) is 86.1 Å². The van der Waals surface area contributed by atoms with Crippen LogP contribution in [0.15, 0.2) is 158 Å². The SMILES string of the molecule is C[C@@H](NC(=O)N1C(=O)[C@@]2(c3cc(C#CCn4nnc5ccccc54)ccc31)[C@H](C(=O)N1CCCCCCC1)[C@H]1C(=O)O[C@H](c3ccccc3)[C@H](c3ccccc3)N1[C@@H]2c1ccccc1OCCO)c1ccccc1. The third kappa shape index (κ3) is 8.55. The van der Waals surface area contributed by atoms with Crippen molar-refractivity contribution in [3.05, 3.63) is 191 Å². The molecular formula is C60H57N7O7. The Morgan fingerprint density at radius 1 is 0.797 bits per heavy atom. The van der Waals surface area contributed by atoms with Crippen molar-refractivity contribution in [1.29, 1.82) is 0 Å². The number of urea groups is 1. The third-order valence-corrected chi connectivity index (χ3v) is 15.2. The summed E-state index contributed by atoms with van der Waals surface area (Å²) in [6, 6.07) is 44.4. The fourth-order valence-corrected chi connectivity index (χ4v) is 11.9. The first-order chi connectivity index (χ1) is 36.3. The molecule has 4 aliphatic rings. The van der Waals surface area contributed by atoms with Gasteiger partial charge >= 0.3 is 12.0 Å². The number of cyclic esters (lactones) is 1. The van der Waals surface area contributed by atoms with Gasteiger partial charge in [-0.05, 0) is 78.4 Å². The van der Waals surface area contributed by atoms with Crippen molar-refractivity contribution in [1.82, 2.24) is 30.1 Å². The van der Waals surface area contributed by atoms with Crippen molar-refractivity contribution in [2.24, 2.45) is 5.92 Å². The lowest BCUT2D eigenvalue weighted by molar-refractivity contribution is -0.179. The maximum Gasteiger partial charge on any atom is 0.329 e. The molecule has 0 bridgehead atoms. The molecule has 374 valence electrons. The molecule has 4 aliphatic heterocycles. The van der Waals surface area contributed by atoms with Gasteiger partial charge < -0.3 is 24.8 Å². The lowest BCUT2D eigenvalue weighted by Gasteiger charge is -2.46. The molecular weight excluding hydrogens is 931 g/mol. The second kappa shape index (κ2) is 20.8. The molecule has 0 saturated carbocycles. The van der Waals surface area contributed by atoms with E-state index in [0.29, 0.717) is 35.5 Å². The molecule has 2 N–H and O–H groups in total. The van der Waals surface area contributed by atoms with Crippen molar-refractivity contribution >= 4 is 40.5 Å². The Morgan fingerprint density at radius 3 is 2.20 bits per heavy atom. The number of hydrogen-bond donors (Lipinski definition) is 2. The fourth-order valence-electron chi connectivity index (χ4n) is 11.9. The van der Waals surface area contributed by atoms with E-state index in [-0.39, 0.29) is 31.4 Å². The summed E-state index contributed by atoms with van der Waals surface area (Å²) >= 11 is 0. The summed E-state index contributed by atoms with van der Waals surface area (Å²) in [7, 11) is 0. The first kappa shape index (κ1) is 48.2. The van der Waals surface area contributed by atoms with E-state index in [1.807, 2.05) is 156 Å². The van der Waals surface area contributed by atoms with Gasteiger partial charge in [0.05, 0.1) is 41.9 Å². The molecule has 3 saturated heterocycles. The van der Waals surface area contributed by atoms with Gasteiger partial charge in [0.2, 0.25) is 11.8 Å². The summed E-state index contributed by atoms with van der Waals surface area (Å²) in [6.45, 7) is 2.51. The minimum Gasteiger partial charge on any atom is -0.491 e. The molecule has 7 aromatic rings. The van der Waals surface area contributed by atoms with Crippen molar-refractivity contribution < 1.29 is 33.8 Å². The number of morpholine rings is 1. The summed E-state index contributed by atoms with van der Waals surface area (Å²) in [5.74, 6) is 3.77. The predicted octanol–water partition coefficient (Wildman–Crippen LogP) is 8.78. The van der Waals surface area contributed by atoms with Crippen molar-refractivity contribution in [3.8, 4) is 17.6 Å². The summed E-state index contributed by atoms with van der Waals surface area (Å²) in [4.78, 5) is 69.6. The molecule has 1 spiro atoms. The van der Waals surface area contributed by atoms with Crippen LogP contribution >= 0.6 is 0 Å². The van der Waals surface area contributed by atoms with Gasteiger partial charge in [-0.3, -0.25) is 19.3 Å². The third-order valence-electron chi connectivity index (χ3n) is 15.2. The average Bonchev–Trinajstić information content (AvgIpc) is 4.12. The molecule has 6 aromatic carbocycles. The summed E-state index contributed by atoms with van der Waals surface area (Å²) in [6.07, 6.45) is 3.46. The van der Waals surface area contributed by atoms with E-state index in [1.54, 1.807) is 22.9 Å². The van der Waals surface area contributed by atoms with Gasteiger partial charge in [0.25, 0.3) is 0 Å². The number of amides is 4. The highest BCUT2D eigenvalue weighted by atomic mass is 16.6. The number of carbonyl (C=O) groups excluding carboxylic acids is 4. The number of aromatic nitrogens is 3. The van der Waals surface area contributed by atoms with E-state index >= 15 is 19.2 Å². The molecule has 1 aromatic heterocycles. The van der Waals surface area contributed by atoms with Crippen molar-refractivity contribution in [2.75, 3.05) is 31.2 Å². The Hall–Kier alpha value is -8.12. The number of carbonyl (C=O) groups is 4. The quantitative estimate of drug-likeness (QED) is 0.100. The second-order valence-electron chi connectivity index (χ2n) is 19.5. The van der Waals surface area contributed by atoms with E-state index < -0.39 is 59.5 Å². The zero-order valence-corrected chi connectivity index (χ0v) is 41.1. The molecule has 0 unspecified atom stereocenters. The Labute approximate surface area is 429 Å². The molecule has 0 radical (unpaired) electrons. The van der Waals surface area contributed by atoms with Gasteiger partial charge in [-0.1, -0.05) is 158 Å². The topological polar surface area (TPSA) is 159 Å². The van der Waals surface area contributed by atoms with Crippen LogP contribution in [0.1, 0.15) is 96.6 Å². The van der Waals surface area contributed by atoms with Gasteiger partial charge in [-0.15, -0.1) is 5.10 Å². The highest BCUT2D eigenvalue weighted by Gasteiger charge is 2.76. The highest BCUT2D eigenvalue weighted by molar-refractivity contribution is 6.24. The predicted molar refractivity (Wildman–Crippen MR) is 278 cm³/mol. The molecule has 7 atom stereocenters. The maximum absolute atomic E-state index is 17.0. The molecule has 14 heteroatoms. The maximum atomic E-state index is 17.0. The second-order valence-corrected chi connectivity index (χ2v) is 19.5. The number of esters is 1. The molecule has 3 fully saturated rings. The lowest BCUT2D eigenvalue weighted by Crippen LogP contribution is -2.57. The smallest absolute Gasteiger partial charge is 0.329 e. The van der Waals surface area contributed by atoms with Gasteiger partial charge in [-0.2, -0.15) is 0 Å². The minimum atomic E-state index is -2.01. The minimum absolute atomic E-state index is 0.0790. The number of aliphatic hydroxyl groups excluding tert-OH is 1. The van der Waals surface area contributed by atoms with E-state index in [1.165, 1.54) is 4.90 Å². The van der Waals surface area contributed by atoms with Gasteiger partial charge in [0, 0.05) is 24.2 Å². The zero-order valence-electron chi connectivity index (χ0n) is 41.1. The fraction of sp³-hybridized carbons (Fsp3) is 0.300. The van der Waals surface area contributed by atoms with Crippen LogP contribution in [0.3, 0.4) is 0 Å². The lowest BCUT2D eigenvalue weighted by atomic mass is 9.64. The highest BCUT2D eigenvalue weighted by Crippen LogP contribution is 2.67. The molecule has 14 nitrogen and oxygen atoms in total. The van der Waals surface area contributed by atoms with Crippen molar-refractivity contribution in [3.63, 3.8) is 0 Å². The Bertz CT molecular complexity index is 3260. The molecule has 11 rings (SSSR count). The number of fused-ring (bicyclic) bond motifs is 4. The van der Waals surface area contributed by atoms with Gasteiger partial charge in [0.15, 0.2) is 0 Å². The number of para-hydroxylation sites is 2. The number of nitrogens with zero attached hydrogens (tertiary/aromatic N) is 6. The van der Waals surface area contributed by atoms with Gasteiger partial charge in [-0.25, -0.2) is 14.4 Å². The van der Waals surface area contributed by atoms with E-state index in [4.69, 9.17) is 9.47 Å². The van der Waals surface area contributed by atoms with Crippen LogP contribution in [0.4, 0.5) is 10.5 Å². The Balaban J connectivity index is 1.19. The number of ether oxygens (including phenoxy) is 2. The number of aliphatic hydroxyl groups is 1. The van der Waals surface area contributed by atoms with Crippen LogP contribution in [-0.2, 0) is 31.1 Å². The summed E-state index contributed by atoms with van der Waals surface area (Å²) < 4.78 is 14.9. The average molecular weight is 988 g/mol. The molecule has 74 heavy (non-hydrogen) atoms. The number of hydrogen-bond acceptors (Lipinski definition) is 10. The number of benzene rings is 6. The Morgan fingerprint density at radius 2 is 1.46 bits per heavy atom. The standard InChI is InChI=1S/C60H57N7O7/c1-40(42-22-8-5-9-23-42)61-59(72)66-48-33-32-41(21-20-36-65-49-30-16-15-29-47(49)62-63-65)39-46(48)60(58(66)71)51(56(69)64-34-18-3-2-4-19-35-64)53-57(70)74-54(44-26-12-7-13-27-44)52(43-24-10-6-11-25-43)67(53)55(60)45-28-14-17-31-50(45)73-38-37-68/h5-17,22-33,39-40,51-55,68H,2-4,18-19,34-38H2,1H3,(H,61,72)/t40-,51+,52+,53+,54-,55-,60+/m1/s1. The monoisotopic (exact) mass is 987 g/mol. The largest absolute Gasteiger partial charge is 0.491 e. The van der Waals surface area contributed by atoms with E-state index in [2.05, 4.69) is 27.5 Å². The number of imide groups is 1. The molecule has 4 amide bonds. The molecule has 0 aliphatic carbocycles. The summed E-state index contributed by atoms with van der Waals surface area (Å²) in [5.41, 5.74) is 3.48.